The van der Waals surface area contributed by atoms with Crippen molar-refractivity contribution in [2.24, 2.45) is 5.92 Å². The van der Waals surface area contributed by atoms with Crippen molar-refractivity contribution >= 4 is 6.09 Å². The topological polar surface area (TPSA) is 49.8 Å². The molecule has 1 aliphatic heterocycles. The zero-order valence-electron chi connectivity index (χ0n) is 9.36. The second kappa shape index (κ2) is 4.11. The van der Waals surface area contributed by atoms with Crippen LogP contribution < -0.4 is 0 Å². The summed E-state index contributed by atoms with van der Waals surface area (Å²) in [5.41, 5.74) is -0.518. The zero-order valence-corrected chi connectivity index (χ0v) is 9.36. The number of amides is 1. The molecule has 0 radical (unpaired) electrons. The molecular weight excluding hydrogens is 194 g/mol. The molecule has 0 bridgehead atoms. The van der Waals surface area contributed by atoms with Gasteiger partial charge in [0.25, 0.3) is 0 Å². The van der Waals surface area contributed by atoms with E-state index in [1.165, 1.54) is 4.90 Å². The Morgan fingerprint density at radius 1 is 1.53 bits per heavy atom. The number of rotatable bonds is 0. The molecule has 1 rings (SSSR count). The lowest BCUT2D eigenvalue weighted by atomic mass is 10.1. The van der Waals surface area contributed by atoms with Crippen LogP contribution in [0.15, 0.2) is 0 Å². The largest absolute Gasteiger partial charge is 0.444 e. The number of nitrogens with zero attached hydrogens (tertiary/aromatic N) is 1. The highest BCUT2D eigenvalue weighted by molar-refractivity contribution is 5.68. The van der Waals surface area contributed by atoms with Crippen molar-refractivity contribution < 1.29 is 14.6 Å². The molecule has 1 aliphatic rings. The minimum Gasteiger partial charge on any atom is -0.444 e. The van der Waals surface area contributed by atoms with Gasteiger partial charge in [-0.2, -0.15) is 0 Å². The lowest BCUT2D eigenvalue weighted by Crippen LogP contribution is -2.35. The van der Waals surface area contributed by atoms with Crippen molar-refractivity contribution in [1.29, 1.82) is 0 Å². The van der Waals surface area contributed by atoms with E-state index in [0.29, 0.717) is 6.54 Å². The van der Waals surface area contributed by atoms with E-state index in [1.54, 1.807) is 20.8 Å². The van der Waals surface area contributed by atoms with Crippen LogP contribution in [0.2, 0.25) is 0 Å². The number of hydrogen-bond donors (Lipinski definition) is 1. The van der Waals surface area contributed by atoms with Gasteiger partial charge in [0.05, 0.1) is 18.6 Å². The van der Waals surface area contributed by atoms with E-state index in [2.05, 4.69) is 5.92 Å². The van der Waals surface area contributed by atoms with Crippen molar-refractivity contribution in [2.75, 3.05) is 13.1 Å². The average Bonchev–Trinajstić information content (AvgIpc) is 2.43. The van der Waals surface area contributed by atoms with E-state index in [1.807, 2.05) is 0 Å². The Morgan fingerprint density at radius 2 is 2.13 bits per heavy atom. The van der Waals surface area contributed by atoms with Crippen molar-refractivity contribution in [3.8, 4) is 12.3 Å². The number of terminal acetylenes is 1. The standard InChI is InChI=1S/C11H17NO3/c1-5-8-6-12(7-9(8)13)10(14)15-11(2,3)4/h1,8-9,13H,6-7H2,2-4H3/t8-,9-/m0/s1. The molecule has 1 fully saturated rings. The van der Waals surface area contributed by atoms with Gasteiger partial charge in [-0.25, -0.2) is 4.79 Å². The van der Waals surface area contributed by atoms with Crippen LogP contribution in [0.5, 0.6) is 0 Å². The summed E-state index contributed by atoms with van der Waals surface area (Å²) in [5.74, 6) is 2.18. The molecule has 0 aromatic carbocycles. The second-order valence-electron chi connectivity index (χ2n) is 4.73. The number of aliphatic hydroxyl groups is 1. The van der Waals surface area contributed by atoms with Crippen molar-refractivity contribution in [1.82, 2.24) is 4.90 Å². The third-order valence-corrected chi connectivity index (χ3v) is 2.15. The number of aliphatic hydroxyl groups excluding tert-OH is 1. The van der Waals surface area contributed by atoms with E-state index >= 15 is 0 Å². The normalized spacial score (nSPS) is 26.2. The predicted molar refractivity (Wildman–Crippen MR) is 56.1 cm³/mol. The summed E-state index contributed by atoms with van der Waals surface area (Å²) in [6, 6.07) is 0. The first kappa shape index (κ1) is 11.9. The summed E-state index contributed by atoms with van der Waals surface area (Å²) >= 11 is 0. The van der Waals surface area contributed by atoms with Gasteiger partial charge in [0, 0.05) is 6.54 Å². The van der Waals surface area contributed by atoms with Crippen LogP contribution >= 0.6 is 0 Å². The fourth-order valence-electron chi connectivity index (χ4n) is 1.43. The molecule has 0 unspecified atom stereocenters. The number of β-amino-alcohol motifs (C(OH)–C–C–N with tert-alkyl or cyclic N) is 1. The van der Waals surface area contributed by atoms with Gasteiger partial charge in [0.2, 0.25) is 0 Å². The van der Waals surface area contributed by atoms with Gasteiger partial charge in [-0.1, -0.05) is 5.92 Å². The van der Waals surface area contributed by atoms with Crippen LogP contribution in [-0.4, -0.2) is 40.9 Å². The summed E-state index contributed by atoms with van der Waals surface area (Å²) in [6.45, 7) is 6.03. The summed E-state index contributed by atoms with van der Waals surface area (Å²) in [6.07, 6.45) is 4.17. The van der Waals surface area contributed by atoms with Crippen molar-refractivity contribution in [3.63, 3.8) is 0 Å². The van der Waals surface area contributed by atoms with Gasteiger partial charge in [-0.15, -0.1) is 6.42 Å². The maximum atomic E-state index is 11.6. The number of carbonyl (C=O) groups is 1. The fraction of sp³-hybridized carbons (Fsp3) is 0.727. The quantitative estimate of drug-likeness (QED) is 0.604. The van der Waals surface area contributed by atoms with Crippen LogP contribution in [0.4, 0.5) is 4.79 Å². The molecule has 0 saturated carbocycles. The lowest BCUT2D eigenvalue weighted by Gasteiger charge is -2.24. The Hall–Kier alpha value is -1.21. The second-order valence-corrected chi connectivity index (χ2v) is 4.73. The van der Waals surface area contributed by atoms with Gasteiger partial charge in [0.15, 0.2) is 0 Å². The first-order valence-corrected chi connectivity index (χ1v) is 4.95. The molecule has 0 aromatic rings. The van der Waals surface area contributed by atoms with Gasteiger partial charge in [-0.3, -0.25) is 0 Å². The lowest BCUT2D eigenvalue weighted by molar-refractivity contribution is 0.0270. The summed E-state index contributed by atoms with van der Waals surface area (Å²) in [4.78, 5) is 13.0. The molecule has 1 heterocycles. The molecule has 1 saturated heterocycles. The Morgan fingerprint density at radius 3 is 2.53 bits per heavy atom. The Balaban J connectivity index is 2.54. The Kier molecular flexibility index (Phi) is 3.25. The van der Waals surface area contributed by atoms with Crippen LogP contribution in [0.3, 0.4) is 0 Å². The fourth-order valence-corrected chi connectivity index (χ4v) is 1.43. The van der Waals surface area contributed by atoms with E-state index in [-0.39, 0.29) is 12.5 Å². The zero-order chi connectivity index (χ0) is 11.6. The van der Waals surface area contributed by atoms with E-state index in [4.69, 9.17) is 11.2 Å². The van der Waals surface area contributed by atoms with Crippen LogP contribution in [0.1, 0.15) is 20.8 Å². The molecule has 1 amide bonds. The highest BCUT2D eigenvalue weighted by Crippen LogP contribution is 2.19. The summed E-state index contributed by atoms with van der Waals surface area (Å²) < 4.78 is 5.17. The SMILES string of the molecule is C#C[C@H]1CN(C(=O)OC(C)(C)C)C[C@@H]1O. The summed E-state index contributed by atoms with van der Waals surface area (Å²) in [7, 11) is 0. The number of likely N-dealkylation sites (tertiary alicyclic amines) is 1. The molecule has 1 N–H and O–H groups in total. The Bertz CT molecular complexity index is 287. The third-order valence-electron chi connectivity index (χ3n) is 2.15. The average molecular weight is 211 g/mol. The maximum Gasteiger partial charge on any atom is 0.410 e. The Labute approximate surface area is 90.2 Å². The van der Waals surface area contributed by atoms with E-state index in [9.17, 15) is 9.90 Å². The monoisotopic (exact) mass is 211 g/mol. The smallest absolute Gasteiger partial charge is 0.410 e. The van der Waals surface area contributed by atoms with Gasteiger partial charge < -0.3 is 14.7 Å². The van der Waals surface area contributed by atoms with E-state index < -0.39 is 17.8 Å². The molecule has 0 spiro atoms. The maximum absolute atomic E-state index is 11.6. The van der Waals surface area contributed by atoms with E-state index in [0.717, 1.165) is 0 Å². The highest BCUT2D eigenvalue weighted by atomic mass is 16.6. The predicted octanol–water partition coefficient (Wildman–Crippen LogP) is 0.847. The van der Waals surface area contributed by atoms with Gasteiger partial charge in [0.1, 0.15) is 5.60 Å². The number of ether oxygens (including phenoxy) is 1. The minimum atomic E-state index is -0.637. The third kappa shape index (κ3) is 3.14. The van der Waals surface area contributed by atoms with Crippen LogP contribution in [0, 0.1) is 18.3 Å². The number of carbonyl (C=O) groups excluding carboxylic acids is 1. The molecule has 84 valence electrons. The molecule has 4 heteroatoms. The first-order valence-electron chi connectivity index (χ1n) is 4.95. The van der Waals surface area contributed by atoms with Gasteiger partial charge >= 0.3 is 6.09 Å². The summed E-state index contributed by atoms with van der Waals surface area (Å²) in [5, 5.41) is 9.51. The van der Waals surface area contributed by atoms with Crippen LogP contribution in [-0.2, 0) is 4.74 Å². The van der Waals surface area contributed by atoms with Crippen molar-refractivity contribution in [2.45, 2.75) is 32.5 Å². The van der Waals surface area contributed by atoms with Gasteiger partial charge in [-0.05, 0) is 20.8 Å². The minimum absolute atomic E-state index is 0.254. The van der Waals surface area contributed by atoms with Crippen LogP contribution in [0.25, 0.3) is 0 Å². The molecule has 2 atom stereocenters. The molecule has 4 nitrogen and oxygen atoms in total. The van der Waals surface area contributed by atoms with Crippen molar-refractivity contribution in [3.05, 3.63) is 0 Å². The molecule has 0 aliphatic carbocycles. The molecule has 15 heavy (non-hydrogen) atoms. The highest BCUT2D eigenvalue weighted by Gasteiger charge is 2.34. The first-order chi connectivity index (χ1) is 6.83. The molecular formula is C11H17NO3. The number of hydrogen-bond acceptors (Lipinski definition) is 3. The molecule has 0 aromatic heterocycles.